The van der Waals surface area contributed by atoms with Gasteiger partial charge >= 0.3 is 0 Å². The average Bonchev–Trinajstić information content (AvgIpc) is 1.91. The van der Waals surface area contributed by atoms with E-state index in [0.717, 1.165) is 19.6 Å². The molecule has 0 aliphatic carbocycles. The summed E-state index contributed by atoms with van der Waals surface area (Å²) in [5.74, 6) is 0. The van der Waals surface area contributed by atoms with Gasteiger partial charge in [-0.25, -0.2) is 0 Å². The minimum Gasteiger partial charge on any atom is -0.405 e. The second kappa shape index (κ2) is 5.63. The summed E-state index contributed by atoms with van der Waals surface area (Å²) in [6.45, 7) is 7.47. The second-order valence-corrected chi connectivity index (χ2v) is 1.91. The normalized spacial score (nSPS) is 11.4. The molecule has 0 radical (unpaired) electrons. The molecule has 0 rings (SSSR count). The van der Waals surface area contributed by atoms with Crippen LogP contribution in [-0.2, 0) is 0 Å². The van der Waals surface area contributed by atoms with Gasteiger partial charge in [-0.2, -0.15) is 0 Å². The molecular formula is C7H16N2. The molecule has 0 aromatic carbocycles. The molecule has 2 nitrogen and oxygen atoms in total. The minimum absolute atomic E-state index is 0.976. The van der Waals surface area contributed by atoms with Gasteiger partial charge < -0.3 is 10.6 Å². The Kier molecular flexibility index (Phi) is 5.32. The molecule has 0 saturated heterocycles. The standard InChI is InChI=1S/C7H16N2/c1-3-9(4-2)7-5-6-8/h5-6H,3-4,7-8H2,1-2H3/b6-5+. The summed E-state index contributed by atoms with van der Waals surface area (Å²) in [5, 5.41) is 0. The van der Waals surface area contributed by atoms with Gasteiger partial charge in [0.1, 0.15) is 0 Å². The molecule has 0 aliphatic heterocycles. The maximum atomic E-state index is 5.18. The van der Waals surface area contributed by atoms with Gasteiger partial charge in [0.25, 0.3) is 0 Å². The van der Waals surface area contributed by atoms with Crippen LogP contribution in [0.15, 0.2) is 12.3 Å². The highest BCUT2D eigenvalue weighted by Crippen LogP contribution is 1.84. The summed E-state index contributed by atoms with van der Waals surface area (Å²) in [5.41, 5.74) is 5.18. The molecule has 0 atom stereocenters. The largest absolute Gasteiger partial charge is 0.405 e. The van der Waals surface area contributed by atoms with E-state index in [1.54, 1.807) is 6.20 Å². The van der Waals surface area contributed by atoms with Gasteiger partial charge in [0, 0.05) is 6.54 Å². The van der Waals surface area contributed by atoms with Crippen LogP contribution < -0.4 is 5.73 Å². The van der Waals surface area contributed by atoms with Crippen molar-refractivity contribution in [2.45, 2.75) is 13.8 Å². The molecule has 0 fully saturated rings. The lowest BCUT2D eigenvalue weighted by Gasteiger charge is -2.14. The van der Waals surface area contributed by atoms with Crippen molar-refractivity contribution in [3.05, 3.63) is 12.3 Å². The number of nitrogens with zero attached hydrogens (tertiary/aromatic N) is 1. The van der Waals surface area contributed by atoms with Crippen molar-refractivity contribution in [3.8, 4) is 0 Å². The highest BCUT2D eigenvalue weighted by Gasteiger charge is 1.91. The molecule has 2 N–H and O–H groups in total. The zero-order valence-electron chi connectivity index (χ0n) is 6.30. The Balaban J connectivity index is 3.31. The Labute approximate surface area is 57.3 Å². The first-order chi connectivity index (χ1) is 4.35. The maximum absolute atomic E-state index is 5.18. The van der Waals surface area contributed by atoms with E-state index in [0.29, 0.717) is 0 Å². The Hall–Kier alpha value is -0.500. The van der Waals surface area contributed by atoms with E-state index in [4.69, 9.17) is 5.73 Å². The Morgan fingerprint density at radius 2 is 1.89 bits per heavy atom. The van der Waals surface area contributed by atoms with E-state index >= 15 is 0 Å². The third-order valence-corrected chi connectivity index (χ3v) is 1.39. The number of hydrogen-bond acceptors (Lipinski definition) is 2. The van der Waals surface area contributed by atoms with Crippen LogP contribution >= 0.6 is 0 Å². The van der Waals surface area contributed by atoms with Crippen LogP contribution in [0.2, 0.25) is 0 Å². The van der Waals surface area contributed by atoms with Crippen molar-refractivity contribution < 1.29 is 0 Å². The second-order valence-electron chi connectivity index (χ2n) is 1.91. The number of hydrogen-bond donors (Lipinski definition) is 1. The fourth-order valence-electron chi connectivity index (χ4n) is 0.692. The lowest BCUT2D eigenvalue weighted by atomic mass is 10.4. The van der Waals surface area contributed by atoms with Crippen molar-refractivity contribution in [2.75, 3.05) is 19.6 Å². The van der Waals surface area contributed by atoms with Crippen molar-refractivity contribution in [1.82, 2.24) is 4.90 Å². The predicted molar refractivity (Wildman–Crippen MR) is 41.1 cm³/mol. The summed E-state index contributed by atoms with van der Waals surface area (Å²) in [7, 11) is 0. The van der Waals surface area contributed by atoms with Crippen molar-refractivity contribution in [1.29, 1.82) is 0 Å². The Morgan fingerprint density at radius 3 is 2.22 bits per heavy atom. The summed E-state index contributed by atoms with van der Waals surface area (Å²) in [6.07, 6.45) is 3.56. The van der Waals surface area contributed by atoms with Crippen molar-refractivity contribution >= 4 is 0 Å². The van der Waals surface area contributed by atoms with E-state index in [2.05, 4.69) is 18.7 Å². The number of nitrogens with two attached hydrogens (primary N) is 1. The van der Waals surface area contributed by atoms with Gasteiger partial charge in [-0.15, -0.1) is 0 Å². The van der Waals surface area contributed by atoms with Crippen LogP contribution in [0.5, 0.6) is 0 Å². The Morgan fingerprint density at radius 1 is 1.33 bits per heavy atom. The molecule has 9 heavy (non-hydrogen) atoms. The first kappa shape index (κ1) is 8.50. The fraction of sp³-hybridized carbons (Fsp3) is 0.714. The summed E-state index contributed by atoms with van der Waals surface area (Å²) in [6, 6.07) is 0. The Bertz CT molecular complexity index is 75.0. The average molecular weight is 128 g/mol. The van der Waals surface area contributed by atoms with E-state index in [9.17, 15) is 0 Å². The van der Waals surface area contributed by atoms with Gasteiger partial charge in [0.2, 0.25) is 0 Å². The molecule has 0 aromatic heterocycles. The van der Waals surface area contributed by atoms with Gasteiger partial charge in [-0.05, 0) is 19.3 Å². The summed E-state index contributed by atoms with van der Waals surface area (Å²) < 4.78 is 0. The van der Waals surface area contributed by atoms with E-state index in [1.165, 1.54) is 0 Å². The van der Waals surface area contributed by atoms with Crippen molar-refractivity contribution in [3.63, 3.8) is 0 Å². The topological polar surface area (TPSA) is 29.3 Å². The van der Waals surface area contributed by atoms with E-state index in [-0.39, 0.29) is 0 Å². The monoisotopic (exact) mass is 128 g/mol. The van der Waals surface area contributed by atoms with Crippen LogP contribution in [0.4, 0.5) is 0 Å². The number of rotatable bonds is 4. The molecule has 0 amide bonds. The zero-order valence-corrected chi connectivity index (χ0v) is 6.30. The molecular weight excluding hydrogens is 112 g/mol. The quantitative estimate of drug-likeness (QED) is 0.607. The van der Waals surface area contributed by atoms with Crippen LogP contribution in [0, 0.1) is 0 Å². The maximum Gasteiger partial charge on any atom is 0.0179 e. The molecule has 0 bridgehead atoms. The predicted octanol–water partition coefficient (Wildman–Crippen LogP) is 0.801. The molecule has 2 heteroatoms. The smallest absolute Gasteiger partial charge is 0.0179 e. The molecule has 0 aromatic rings. The SMILES string of the molecule is CCN(CC)C/C=C/N. The van der Waals surface area contributed by atoms with Gasteiger partial charge in [0.15, 0.2) is 0 Å². The summed E-state index contributed by atoms with van der Waals surface area (Å²) >= 11 is 0. The molecule has 54 valence electrons. The minimum atomic E-state index is 0.976. The van der Waals surface area contributed by atoms with Crippen LogP contribution in [0.1, 0.15) is 13.8 Å². The fourth-order valence-corrected chi connectivity index (χ4v) is 0.692. The van der Waals surface area contributed by atoms with Crippen molar-refractivity contribution in [2.24, 2.45) is 5.73 Å². The third-order valence-electron chi connectivity index (χ3n) is 1.39. The molecule has 0 unspecified atom stereocenters. The first-order valence-electron chi connectivity index (χ1n) is 3.44. The first-order valence-corrected chi connectivity index (χ1v) is 3.44. The van der Waals surface area contributed by atoms with Gasteiger partial charge in [-0.1, -0.05) is 19.9 Å². The highest BCUT2D eigenvalue weighted by atomic mass is 15.1. The van der Waals surface area contributed by atoms with E-state index < -0.39 is 0 Å². The lowest BCUT2D eigenvalue weighted by Crippen LogP contribution is -2.22. The highest BCUT2D eigenvalue weighted by molar-refractivity contribution is 4.79. The third kappa shape index (κ3) is 4.03. The zero-order chi connectivity index (χ0) is 7.11. The van der Waals surface area contributed by atoms with Crippen LogP contribution in [0.3, 0.4) is 0 Å². The number of likely N-dealkylation sites (N-methyl/N-ethyl adjacent to an activating group) is 1. The summed E-state index contributed by atoms with van der Waals surface area (Å²) in [4.78, 5) is 2.30. The molecule has 0 aliphatic rings. The van der Waals surface area contributed by atoms with Crippen LogP contribution in [0.25, 0.3) is 0 Å². The van der Waals surface area contributed by atoms with Gasteiger partial charge in [0.05, 0.1) is 0 Å². The molecule has 0 saturated carbocycles. The lowest BCUT2D eigenvalue weighted by molar-refractivity contribution is 0.337. The van der Waals surface area contributed by atoms with Gasteiger partial charge in [-0.3, -0.25) is 0 Å². The van der Waals surface area contributed by atoms with Crippen LogP contribution in [-0.4, -0.2) is 24.5 Å². The van der Waals surface area contributed by atoms with E-state index in [1.807, 2.05) is 6.08 Å². The molecule has 0 heterocycles. The molecule has 0 spiro atoms.